The Hall–Kier alpha value is 1.07. The van der Waals surface area contributed by atoms with Gasteiger partial charge in [0.1, 0.15) is 0 Å². The zero-order valence-electron chi connectivity index (χ0n) is 4.34. The van der Waals surface area contributed by atoms with E-state index < -0.39 is 0 Å². The average molecular weight is 144 g/mol. The Balaban J connectivity index is 0. The van der Waals surface area contributed by atoms with Crippen molar-refractivity contribution in [3.63, 3.8) is 0 Å². The molecule has 0 spiro atoms. The van der Waals surface area contributed by atoms with E-state index in [1.165, 1.54) is 5.01 Å². The Labute approximate surface area is 76.1 Å². The molecule has 0 aromatic rings. The third kappa shape index (κ3) is 7.07. The molecule has 0 radical (unpaired) electrons. The summed E-state index contributed by atoms with van der Waals surface area (Å²) in [4.78, 5) is 0. The second-order valence-corrected chi connectivity index (χ2v) is 1.91. The molecule has 0 atom stereocenters. The second-order valence-electron chi connectivity index (χ2n) is 0.877. The van der Waals surface area contributed by atoms with Gasteiger partial charge in [0.15, 0.2) is 0 Å². The van der Waals surface area contributed by atoms with Gasteiger partial charge in [0, 0.05) is 7.05 Å². The van der Waals surface area contributed by atoms with Gasteiger partial charge in [-0.25, -0.2) is 5.84 Å². The molecule has 0 amide bonds. The van der Waals surface area contributed by atoms with E-state index in [9.17, 15) is 0 Å². The summed E-state index contributed by atoms with van der Waals surface area (Å²) in [7, 11) is 1.61. The Bertz CT molecular complexity index is 64.7. The van der Waals surface area contributed by atoms with Gasteiger partial charge in [0.25, 0.3) is 0 Å². The van der Waals surface area contributed by atoms with Crippen LogP contribution in [0.25, 0.3) is 0 Å². The summed E-state index contributed by atoms with van der Waals surface area (Å²) in [6.07, 6.45) is 0. The van der Waals surface area contributed by atoms with Gasteiger partial charge >= 0.3 is 29.6 Å². The fourth-order valence-corrected chi connectivity index (χ4v) is 0. The normalized spacial score (nSPS) is 6.57. The van der Waals surface area contributed by atoms with Crippen LogP contribution in [-0.2, 0) is 12.6 Å². The molecule has 0 saturated carbocycles. The van der Waals surface area contributed by atoms with Crippen molar-refractivity contribution >= 4 is 29.2 Å². The molecule has 0 aromatic carbocycles. The predicted octanol–water partition coefficient (Wildman–Crippen LogP) is -3.37. The van der Waals surface area contributed by atoms with Crippen LogP contribution in [0.1, 0.15) is 0 Å². The molecule has 5 heteroatoms. The number of nitrogens with zero attached hydrogens (tertiary/aromatic N) is 1. The topological polar surface area (TPSA) is 29.3 Å². The number of rotatable bonds is 0. The minimum Gasteiger partial charge on any atom is -0.410 e. The Morgan fingerprint density at radius 1 is 1.86 bits per heavy atom. The molecular weight excluding hydrogens is 139 g/mol. The van der Waals surface area contributed by atoms with Crippen molar-refractivity contribution in [3.05, 3.63) is 0 Å². The van der Waals surface area contributed by atoms with E-state index in [4.69, 9.17) is 5.84 Å². The van der Waals surface area contributed by atoms with Gasteiger partial charge in [-0.1, -0.05) is 0 Å². The van der Waals surface area contributed by atoms with E-state index in [-0.39, 0.29) is 33.9 Å². The van der Waals surface area contributed by atoms with E-state index in [0.717, 1.165) is 0 Å². The van der Waals surface area contributed by atoms with E-state index in [1.807, 2.05) is 0 Å². The summed E-state index contributed by atoms with van der Waals surface area (Å²) >= 11 is 8.87. The summed E-state index contributed by atoms with van der Waals surface area (Å²) in [6, 6.07) is 0. The predicted molar refractivity (Wildman–Crippen MR) is 31.9 cm³/mol. The first kappa shape index (κ1) is 10.9. The molecule has 0 unspecified atom stereocenters. The number of hydrogen-bond donors (Lipinski definition) is 1. The summed E-state index contributed by atoms with van der Waals surface area (Å²) in [5, 5.41) is 1.21. The van der Waals surface area contributed by atoms with E-state index in [0.29, 0.717) is 0 Å². The third-order valence-corrected chi connectivity index (χ3v) is 0.864. The minimum atomic E-state index is 0. The molecule has 0 aliphatic rings. The van der Waals surface area contributed by atoms with Gasteiger partial charge in [-0.15, -0.1) is 0 Å². The van der Waals surface area contributed by atoms with Gasteiger partial charge in [0.05, 0.1) is 0 Å². The zero-order valence-corrected chi connectivity index (χ0v) is 7.97. The molecule has 0 bridgehead atoms. The van der Waals surface area contributed by atoms with Crippen molar-refractivity contribution in [2.45, 2.75) is 0 Å². The Morgan fingerprint density at radius 2 is 2.00 bits per heavy atom. The smallest absolute Gasteiger partial charge is 0.410 e. The fourth-order valence-electron chi connectivity index (χ4n) is 0. The maximum atomic E-state index is 5.02. The SMILES string of the molecule is CN(N)C(=S)[S-].[Na+]. The van der Waals surface area contributed by atoms with Crippen LogP contribution in [0.5, 0.6) is 0 Å². The molecule has 0 heterocycles. The fraction of sp³-hybridized carbons (Fsp3) is 0.500. The summed E-state index contributed by atoms with van der Waals surface area (Å²) in [5.41, 5.74) is 0. The quantitative estimate of drug-likeness (QED) is 0.126. The molecule has 0 aliphatic carbocycles. The van der Waals surface area contributed by atoms with Crippen LogP contribution in [0, 0.1) is 0 Å². The van der Waals surface area contributed by atoms with Crippen molar-refractivity contribution in [1.29, 1.82) is 0 Å². The molecule has 36 valence electrons. The molecule has 0 aromatic heterocycles. The average Bonchev–Trinajstić information content (AvgIpc) is 1.36. The minimum absolute atomic E-state index is 0. The van der Waals surface area contributed by atoms with E-state index in [1.54, 1.807) is 7.05 Å². The summed E-state index contributed by atoms with van der Waals surface area (Å²) in [6.45, 7) is 0. The molecule has 2 N–H and O–H groups in total. The van der Waals surface area contributed by atoms with Crippen molar-refractivity contribution in [2.75, 3.05) is 7.05 Å². The molecule has 0 saturated heterocycles. The standard InChI is InChI=1S/C2H6N2S2.Na/c1-4(3)2(5)6;/h3H2,1H3,(H,5,6);/q;+1/p-1. The van der Waals surface area contributed by atoms with Gasteiger partial charge in [-0.2, -0.15) is 0 Å². The van der Waals surface area contributed by atoms with E-state index in [2.05, 4.69) is 24.8 Å². The van der Waals surface area contributed by atoms with Crippen LogP contribution < -0.4 is 35.4 Å². The van der Waals surface area contributed by atoms with Crippen molar-refractivity contribution in [2.24, 2.45) is 5.84 Å². The van der Waals surface area contributed by atoms with Gasteiger partial charge in [0.2, 0.25) is 0 Å². The van der Waals surface area contributed by atoms with Crippen molar-refractivity contribution in [3.8, 4) is 0 Å². The molecule has 2 nitrogen and oxygen atoms in total. The van der Waals surface area contributed by atoms with E-state index >= 15 is 0 Å². The first-order valence-corrected chi connectivity index (χ1v) is 2.15. The van der Waals surface area contributed by atoms with Crippen LogP contribution in [0.15, 0.2) is 0 Å². The zero-order chi connectivity index (χ0) is 5.15. The van der Waals surface area contributed by atoms with Crippen LogP contribution >= 0.6 is 12.2 Å². The van der Waals surface area contributed by atoms with Gasteiger partial charge in [-0.3, -0.25) is 0 Å². The van der Waals surface area contributed by atoms with Crippen LogP contribution in [0.4, 0.5) is 0 Å². The number of hydrazine groups is 1. The Kier molecular flexibility index (Phi) is 8.15. The van der Waals surface area contributed by atoms with Crippen LogP contribution in [0.2, 0.25) is 0 Å². The maximum Gasteiger partial charge on any atom is 1.00 e. The summed E-state index contributed by atoms with van der Waals surface area (Å²) < 4.78 is 0.287. The number of thiocarbonyl (C=S) groups is 1. The van der Waals surface area contributed by atoms with Gasteiger partial charge < -0.3 is 29.9 Å². The van der Waals surface area contributed by atoms with Crippen molar-refractivity contribution in [1.82, 2.24) is 5.01 Å². The number of hydrogen-bond acceptors (Lipinski definition) is 3. The largest absolute Gasteiger partial charge is 1.00 e. The molecule has 0 fully saturated rings. The Morgan fingerprint density at radius 3 is 2.00 bits per heavy atom. The number of nitrogens with two attached hydrogens (primary N) is 1. The first-order valence-electron chi connectivity index (χ1n) is 1.34. The molecule has 0 aliphatic heterocycles. The van der Waals surface area contributed by atoms with Gasteiger partial charge in [-0.05, 0) is 4.32 Å². The monoisotopic (exact) mass is 144 g/mol. The summed E-state index contributed by atoms with van der Waals surface area (Å²) in [5.74, 6) is 5.02. The van der Waals surface area contributed by atoms with Crippen molar-refractivity contribution < 1.29 is 29.6 Å². The van der Waals surface area contributed by atoms with Crippen LogP contribution in [-0.4, -0.2) is 16.4 Å². The van der Waals surface area contributed by atoms with Crippen LogP contribution in [0.3, 0.4) is 0 Å². The third-order valence-electron chi connectivity index (χ3n) is 0.288. The second kappa shape index (κ2) is 5.21. The molecular formula is C2H5N2NaS2. The first-order chi connectivity index (χ1) is 2.64. The molecule has 7 heavy (non-hydrogen) atoms. The maximum absolute atomic E-state index is 5.02. The molecule has 0 rings (SSSR count).